The molecule has 0 aromatic heterocycles. The van der Waals surface area contributed by atoms with Crippen molar-refractivity contribution in [1.29, 1.82) is 0 Å². The second-order valence-electron chi connectivity index (χ2n) is 6.40. The molecule has 0 aromatic rings. The summed E-state index contributed by atoms with van der Waals surface area (Å²) in [6.45, 7) is 5.13. The van der Waals surface area contributed by atoms with Crippen molar-refractivity contribution in [3.8, 4) is 0 Å². The Kier molecular flexibility index (Phi) is 4.13. The first kappa shape index (κ1) is 14.3. The molecule has 2 unspecified atom stereocenters. The number of piperidine rings is 1. The van der Waals surface area contributed by atoms with Crippen molar-refractivity contribution >= 4 is 11.8 Å². The molecular formula is C14H24N2O3. The second-order valence-corrected chi connectivity index (χ2v) is 6.40. The summed E-state index contributed by atoms with van der Waals surface area (Å²) in [6, 6.07) is 0. The van der Waals surface area contributed by atoms with E-state index in [1.54, 1.807) is 7.11 Å². The minimum absolute atomic E-state index is 0.0142. The molecule has 2 atom stereocenters. The Bertz CT molecular complexity index is 364. The van der Waals surface area contributed by atoms with Crippen LogP contribution in [0.2, 0.25) is 0 Å². The number of ether oxygens (including phenoxy) is 1. The van der Waals surface area contributed by atoms with Gasteiger partial charge in [0.15, 0.2) is 0 Å². The standard InChI is InChI=1S/C14H24N2O3/c1-14(2)6-9(8-16-13(14)18)7-15-12(17)11(19-3)10-4-5-10/h9-11H,4-8H2,1-3H3,(H,15,17)(H,16,18). The van der Waals surface area contributed by atoms with E-state index in [1.165, 1.54) is 0 Å². The average Bonchev–Trinajstić information content (AvgIpc) is 3.16. The third-order valence-corrected chi connectivity index (χ3v) is 4.09. The molecule has 1 saturated carbocycles. The molecule has 1 heterocycles. The number of hydrogen-bond acceptors (Lipinski definition) is 3. The van der Waals surface area contributed by atoms with E-state index in [9.17, 15) is 9.59 Å². The van der Waals surface area contributed by atoms with Crippen LogP contribution in [0.25, 0.3) is 0 Å². The minimum Gasteiger partial charge on any atom is -0.371 e. The van der Waals surface area contributed by atoms with Crippen LogP contribution >= 0.6 is 0 Å². The Hall–Kier alpha value is -1.10. The van der Waals surface area contributed by atoms with Crippen LogP contribution in [-0.2, 0) is 14.3 Å². The van der Waals surface area contributed by atoms with Crippen LogP contribution in [0.4, 0.5) is 0 Å². The molecule has 1 saturated heterocycles. The first-order chi connectivity index (χ1) is 8.94. The van der Waals surface area contributed by atoms with E-state index in [0.29, 0.717) is 24.9 Å². The summed E-state index contributed by atoms with van der Waals surface area (Å²) >= 11 is 0. The van der Waals surface area contributed by atoms with E-state index in [-0.39, 0.29) is 23.3 Å². The fourth-order valence-electron chi connectivity index (χ4n) is 2.77. The van der Waals surface area contributed by atoms with Gasteiger partial charge in [-0.3, -0.25) is 9.59 Å². The number of hydrogen-bond donors (Lipinski definition) is 2. The number of methoxy groups -OCH3 is 1. The fourth-order valence-corrected chi connectivity index (χ4v) is 2.77. The van der Waals surface area contributed by atoms with Crippen molar-refractivity contribution in [3.63, 3.8) is 0 Å². The number of carbonyl (C=O) groups excluding carboxylic acids is 2. The molecule has 0 aromatic carbocycles. The Balaban J connectivity index is 1.79. The third-order valence-electron chi connectivity index (χ3n) is 4.09. The Morgan fingerprint density at radius 1 is 1.53 bits per heavy atom. The summed E-state index contributed by atoms with van der Waals surface area (Å²) in [7, 11) is 1.59. The molecule has 0 bridgehead atoms. The lowest BCUT2D eigenvalue weighted by atomic mass is 9.79. The van der Waals surface area contributed by atoms with Crippen LogP contribution in [0.3, 0.4) is 0 Å². The highest BCUT2D eigenvalue weighted by Gasteiger charge is 2.38. The third kappa shape index (κ3) is 3.47. The summed E-state index contributed by atoms with van der Waals surface area (Å²) in [4.78, 5) is 23.6. The fraction of sp³-hybridized carbons (Fsp3) is 0.857. The van der Waals surface area contributed by atoms with Crippen LogP contribution in [0, 0.1) is 17.3 Å². The van der Waals surface area contributed by atoms with E-state index in [0.717, 1.165) is 19.3 Å². The zero-order valence-corrected chi connectivity index (χ0v) is 12.0. The molecule has 2 amide bonds. The SMILES string of the molecule is COC(C(=O)NCC1CNC(=O)C(C)(C)C1)C1CC1. The Labute approximate surface area is 114 Å². The molecule has 108 valence electrons. The molecule has 2 fully saturated rings. The maximum Gasteiger partial charge on any atom is 0.249 e. The van der Waals surface area contributed by atoms with Gasteiger partial charge in [-0.1, -0.05) is 13.8 Å². The molecule has 5 nitrogen and oxygen atoms in total. The predicted molar refractivity (Wildman–Crippen MR) is 71.4 cm³/mol. The molecule has 0 radical (unpaired) electrons. The van der Waals surface area contributed by atoms with Gasteiger partial charge in [0.05, 0.1) is 0 Å². The van der Waals surface area contributed by atoms with Crippen molar-refractivity contribution < 1.29 is 14.3 Å². The number of nitrogens with one attached hydrogen (secondary N) is 2. The summed E-state index contributed by atoms with van der Waals surface area (Å²) in [6.07, 6.45) is 2.67. The van der Waals surface area contributed by atoms with Gasteiger partial charge < -0.3 is 15.4 Å². The molecule has 2 rings (SSSR count). The molecule has 2 aliphatic rings. The summed E-state index contributed by atoms with van der Waals surface area (Å²) < 4.78 is 5.25. The predicted octanol–water partition coefficient (Wildman–Crippen LogP) is 0.690. The van der Waals surface area contributed by atoms with Crippen LogP contribution in [0.1, 0.15) is 33.1 Å². The van der Waals surface area contributed by atoms with Gasteiger partial charge in [-0.25, -0.2) is 0 Å². The second kappa shape index (κ2) is 5.49. The maximum atomic E-state index is 12.0. The van der Waals surface area contributed by atoms with Gasteiger partial charge in [0, 0.05) is 25.6 Å². The molecule has 0 spiro atoms. The average molecular weight is 268 g/mol. The van der Waals surface area contributed by atoms with Crippen LogP contribution in [-0.4, -0.2) is 38.1 Å². The summed E-state index contributed by atoms with van der Waals surface area (Å²) in [5.41, 5.74) is -0.342. The van der Waals surface area contributed by atoms with Gasteiger partial charge in [0.2, 0.25) is 11.8 Å². The largest absolute Gasteiger partial charge is 0.371 e. The van der Waals surface area contributed by atoms with Crippen molar-refractivity contribution in [2.24, 2.45) is 17.3 Å². The van der Waals surface area contributed by atoms with Gasteiger partial charge >= 0.3 is 0 Å². The Morgan fingerprint density at radius 3 is 2.74 bits per heavy atom. The summed E-state index contributed by atoms with van der Waals surface area (Å²) in [5, 5.41) is 5.87. The molecule has 2 N–H and O–H groups in total. The lowest BCUT2D eigenvalue weighted by Crippen LogP contribution is -2.50. The van der Waals surface area contributed by atoms with Crippen molar-refractivity contribution in [1.82, 2.24) is 10.6 Å². The van der Waals surface area contributed by atoms with Gasteiger partial charge in [-0.05, 0) is 31.1 Å². The first-order valence-electron chi connectivity index (χ1n) is 7.03. The monoisotopic (exact) mass is 268 g/mol. The smallest absolute Gasteiger partial charge is 0.249 e. The first-order valence-corrected chi connectivity index (χ1v) is 7.03. The summed E-state index contributed by atoms with van der Waals surface area (Å²) in [5.74, 6) is 0.781. The molecule has 1 aliphatic carbocycles. The normalized spacial score (nSPS) is 27.5. The minimum atomic E-state index is -0.342. The molecule has 19 heavy (non-hydrogen) atoms. The quantitative estimate of drug-likeness (QED) is 0.771. The van der Waals surface area contributed by atoms with Crippen molar-refractivity contribution in [2.45, 2.75) is 39.2 Å². The topological polar surface area (TPSA) is 67.4 Å². The van der Waals surface area contributed by atoms with Crippen molar-refractivity contribution in [2.75, 3.05) is 20.2 Å². The highest BCUT2D eigenvalue weighted by molar-refractivity contribution is 5.83. The lowest BCUT2D eigenvalue weighted by Gasteiger charge is -2.34. The highest BCUT2D eigenvalue weighted by Crippen LogP contribution is 2.34. The van der Waals surface area contributed by atoms with Crippen LogP contribution < -0.4 is 10.6 Å². The van der Waals surface area contributed by atoms with Gasteiger partial charge in [-0.2, -0.15) is 0 Å². The number of rotatable bonds is 5. The van der Waals surface area contributed by atoms with E-state index >= 15 is 0 Å². The van der Waals surface area contributed by atoms with Gasteiger partial charge in [0.25, 0.3) is 0 Å². The van der Waals surface area contributed by atoms with E-state index in [1.807, 2.05) is 13.8 Å². The molecular weight excluding hydrogens is 244 g/mol. The van der Waals surface area contributed by atoms with Gasteiger partial charge in [-0.15, -0.1) is 0 Å². The van der Waals surface area contributed by atoms with E-state index < -0.39 is 0 Å². The van der Waals surface area contributed by atoms with Crippen LogP contribution in [0.5, 0.6) is 0 Å². The highest BCUT2D eigenvalue weighted by atomic mass is 16.5. The number of amides is 2. The number of carbonyl (C=O) groups is 2. The van der Waals surface area contributed by atoms with E-state index in [4.69, 9.17) is 4.74 Å². The van der Waals surface area contributed by atoms with Crippen LogP contribution in [0.15, 0.2) is 0 Å². The molecule has 1 aliphatic heterocycles. The zero-order valence-electron chi connectivity index (χ0n) is 12.0. The van der Waals surface area contributed by atoms with Crippen molar-refractivity contribution in [3.05, 3.63) is 0 Å². The lowest BCUT2D eigenvalue weighted by molar-refractivity contribution is -0.133. The van der Waals surface area contributed by atoms with Gasteiger partial charge in [0.1, 0.15) is 6.10 Å². The Morgan fingerprint density at radius 2 is 2.21 bits per heavy atom. The van der Waals surface area contributed by atoms with E-state index in [2.05, 4.69) is 10.6 Å². The maximum absolute atomic E-state index is 12.0. The zero-order chi connectivity index (χ0) is 14.0. The molecule has 5 heteroatoms.